The van der Waals surface area contributed by atoms with Crippen molar-refractivity contribution < 1.29 is 23.4 Å². The lowest BCUT2D eigenvalue weighted by atomic mass is 10.1. The zero-order valence-corrected chi connectivity index (χ0v) is 14.5. The molecule has 0 radical (unpaired) electrons. The van der Waals surface area contributed by atoms with Crippen molar-refractivity contribution in [1.82, 2.24) is 9.55 Å². The van der Waals surface area contributed by atoms with Crippen LogP contribution in [-0.2, 0) is 9.47 Å². The van der Waals surface area contributed by atoms with E-state index >= 15 is 0 Å². The molecule has 0 fully saturated rings. The second-order valence-corrected chi connectivity index (χ2v) is 6.19. The summed E-state index contributed by atoms with van der Waals surface area (Å²) in [5, 5.41) is 0.731. The Hall–Kier alpha value is -1.90. The number of carbonyl (C=O) groups is 1. The first-order valence-corrected chi connectivity index (χ1v) is 8.96. The molecule has 2 heterocycles. The van der Waals surface area contributed by atoms with Crippen LogP contribution in [0.1, 0.15) is 4.79 Å². The van der Waals surface area contributed by atoms with Gasteiger partial charge in [0.25, 0.3) is 0 Å². The first kappa shape index (κ1) is 17.9. The molecule has 1 aliphatic rings. The molecule has 0 aliphatic carbocycles. The molecule has 0 unspecified atom stereocenters. The predicted molar refractivity (Wildman–Crippen MR) is 92.1 cm³/mol. The third kappa shape index (κ3) is 4.81. The summed E-state index contributed by atoms with van der Waals surface area (Å²) in [6, 6.07) is 7.56. The van der Waals surface area contributed by atoms with E-state index in [1.807, 2.05) is 24.3 Å². The van der Waals surface area contributed by atoms with E-state index < -0.39 is 6.67 Å². The summed E-state index contributed by atoms with van der Waals surface area (Å²) in [7, 11) is 0. The van der Waals surface area contributed by atoms with Crippen LogP contribution in [0.2, 0.25) is 0 Å². The van der Waals surface area contributed by atoms with E-state index in [1.165, 1.54) is 11.8 Å². The highest BCUT2D eigenvalue weighted by Gasteiger charge is 2.22. The number of alkyl halides is 1. The molecule has 0 N–H and O–H groups in total. The molecule has 8 heteroatoms. The van der Waals surface area contributed by atoms with Crippen LogP contribution in [0.25, 0.3) is 11.3 Å². The molecular formula is C17H19FN2O4S. The Kier molecular flexibility index (Phi) is 6.43. The van der Waals surface area contributed by atoms with Crippen LogP contribution in [0.3, 0.4) is 0 Å². The van der Waals surface area contributed by atoms with Crippen molar-refractivity contribution >= 4 is 17.7 Å². The van der Waals surface area contributed by atoms with Crippen LogP contribution in [0.15, 0.2) is 35.6 Å². The Morgan fingerprint density at radius 3 is 2.76 bits per heavy atom. The maximum atomic E-state index is 11.8. The molecule has 2 aromatic rings. The first-order valence-electron chi connectivity index (χ1n) is 7.98. The number of hydrogen-bond acceptors (Lipinski definition) is 6. The summed E-state index contributed by atoms with van der Waals surface area (Å²) in [5.74, 6) is 1.21. The van der Waals surface area contributed by atoms with Gasteiger partial charge in [-0.1, -0.05) is 23.9 Å². The number of hydrogen-bond donors (Lipinski definition) is 0. The average Bonchev–Trinajstić information content (AvgIpc) is 3.20. The van der Waals surface area contributed by atoms with E-state index in [2.05, 4.69) is 4.98 Å². The van der Waals surface area contributed by atoms with Crippen LogP contribution in [-0.4, -0.2) is 60.9 Å². The molecule has 1 aliphatic heterocycles. The number of fused-ring (bicyclic) bond motifs is 1. The summed E-state index contributed by atoms with van der Waals surface area (Å²) < 4.78 is 29.4. The van der Waals surface area contributed by atoms with Crippen LogP contribution < -0.4 is 4.74 Å². The van der Waals surface area contributed by atoms with Crippen molar-refractivity contribution in [3.63, 3.8) is 0 Å². The number of ether oxygens (including phenoxy) is 3. The smallest absolute Gasteiger partial charge is 0.243 e. The fourth-order valence-corrected chi connectivity index (χ4v) is 3.17. The van der Waals surface area contributed by atoms with Crippen molar-refractivity contribution in [2.75, 3.05) is 45.5 Å². The van der Waals surface area contributed by atoms with Gasteiger partial charge in [-0.05, 0) is 12.1 Å². The number of thioether (sulfide) groups is 1. The third-order valence-electron chi connectivity index (χ3n) is 3.49. The van der Waals surface area contributed by atoms with Gasteiger partial charge in [-0.2, -0.15) is 0 Å². The van der Waals surface area contributed by atoms with Crippen molar-refractivity contribution in [2.45, 2.75) is 5.16 Å². The fourth-order valence-electron chi connectivity index (χ4n) is 2.32. The second kappa shape index (κ2) is 8.98. The molecule has 134 valence electrons. The molecule has 1 aromatic heterocycles. The normalized spacial score (nSPS) is 13.2. The first-order chi connectivity index (χ1) is 12.3. The van der Waals surface area contributed by atoms with E-state index in [9.17, 15) is 9.18 Å². The summed E-state index contributed by atoms with van der Waals surface area (Å²) in [6.07, 6.45) is 1.76. The van der Waals surface area contributed by atoms with Gasteiger partial charge in [-0.25, -0.2) is 9.37 Å². The van der Waals surface area contributed by atoms with Gasteiger partial charge in [0.05, 0.1) is 37.9 Å². The molecule has 3 rings (SSSR count). The predicted octanol–water partition coefficient (Wildman–Crippen LogP) is 2.68. The van der Waals surface area contributed by atoms with E-state index in [-0.39, 0.29) is 12.5 Å². The highest BCUT2D eigenvalue weighted by molar-refractivity contribution is 8.00. The van der Waals surface area contributed by atoms with Gasteiger partial charge in [-0.3, -0.25) is 9.36 Å². The van der Waals surface area contributed by atoms with Gasteiger partial charge < -0.3 is 14.2 Å². The van der Waals surface area contributed by atoms with Gasteiger partial charge in [0.1, 0.15) is 19.0 Å². The Balaban J connectivity index is 1.47. The number of aromatic nitrogens is 2. The van der Waals surface area contributed by atoms with Gasteiger partial charge in [0, 0.05) is 11.8 Å². The van der Waals surface area contributed by atoms with Crippen molar-refractivity contribution in [3.8, 4) is 17.0 Å². The monoisotopic (exact) mass is 366 g/mol. The molecule has 0 bridgehead atoms. The number of nitrogens with zero attached hydrogens (tertiary/aromatic N) is 2. The van der Waals surface area contributed by atoms with E-state index in [4.69, 9.17) is 14.2 Å². The van der Waals surface area contributed by atoms with Crippen LogP contribution >= 0.6 is 11.8 Å². The highest BCUT2D eigenvalue weighted by atomic mass is 32.2. The van der Waals surface area contributed by atoms with Gasteiger partial charge in [-0.15, -0.1) is 0 Å². The molecular weight excluding hydrogens is 347 g/mol. The van der Waals surface area contributed by atoms with Crippen LogP contribution in [0, 0.1) is 0 Å². The topological polar surface area (TPSA) is 62.6 Å². The number of rotatable bonds is 10. The molecule has 0 atom stereocenters. The second-order valence-electron chi connectivity index (χ2n) is 5.25. The third-order valence-corrected chi connectivity index (χ3v) is 4.42. The van der Waals surface area contributed by atoms with Crippen molar-refractivity contribution in [1.29, 1.82) is 0 Å². The molecule has 0 saturated heterocycles. The minimum atomic E-state index is -0.480. The minimum absolute atomic E-state index is 0.0544. The highest BCUT2D eigenvalue weighted by Crippen LogP contribution is 2.30. The molecule has 6 nitrogen and oxygen atoms in total. The number of halogens is 1. The number of imidazole rings is 1. The summed E-state index contributed by atoms with van der Waals surface area (Å²) in [6.45, 7) is 1.24. The molecule has 0 spiro atoms. The minimum Gasteiger partial charge on any atom is -0.491 e. The SMILES string of the molecule is O=C1CSc2nc(-c3cccc(OCCOCCOCCF)c3)cn21. The number of carbonyl (C=O) groups excluding carboxylic acids is 1. The lowest BCUT2D eigenvalue weighted by Crippen LogP contribution is -2.11. The Labute approximate surface area is 149 Å². The fraction of sp³-hybridized carbons (Fsp3) is 0.412. The molecule has 0 amide bonds. The van der Waals surface area contributed by atoms with Crippen molar-refractivity contribution in [2.24, 2.45) is 0 Å². The largest absolute Gasteiger partial charge is 0.491 e. The lowest BCUT2D eigenvalue weighted by molar-refractivity contribution is 0.0325. The average molecular weight is 366 g/mol. The summed E-state index contributed by atoms with van der Waals surface area (Å²) >= 11 is 1.45. The summed E-state index contributed by atoms with van der Waals surface area (Å²) in [4.78, 5) is 16.2. The van der Waals surface area contributed by atoms with Gasteiger partial charge in [0.2, 0.25) is 5.91 Å². The van der Waals surface area contributed by atoms with Crippen molar-refractivity contribution in [3.05, 3.63) is 30.5 Å². The van der Waals surface area contributed by atoms with Gasteiger partial charge >= 0.3 is 0 Å². The Morgan fingerprint density at radius 2 is 1.96 bits per heavy atom. The van der Waals surface area contributed by atoms with E-state index in [0.717, 1.165) is 16.4 Å². The number of benzene rings is 1. The zero-order chi connectivity index (χ0) is 17.5. The maximum Gasteiger partial charge on any atom is 0.243 e. The van der Waals surface area contributed by atoms with Crippen LogP contribution in [0.5, 0.6) is 5.75 Å². The molecule has 25 heavy (non-hydrogen) atoms. The molecule has 1 aromatic carbocycles. The quantitative estimate of drug-likeness (QED) is 0.603. The summed E-state index contributed by atoms with van der Waals surface area (Å²) in [5.41, 5.74) is 1.65. The lowest BCUT2D eigenvalue weighted by Gasteiger charge is -2.08. The Bertz CT molecular complexity index is 722. The zero-order valence-electron chi connectivity index (χ0n) is 13.7. The standard InChI is InChI=1S/C17H19FN2O4S/c18-4-5-22-6-7-23-8-9-24-14-3-1-2-13(10-14)15-11-20-16(21)12-25-17(20)19-15/h1-3,10-11H,4-9,12H2. The molecule has 0 saturated carbocycles. The maximum absolute atomic E-state index is 11.8. The van der Waals surface area contributed by atoms with E-state index in [0.29, 0.717) is 37.9 Å². The van der Waals surface area contributed by atoms with Gasteiger partial charge in [0.15, 0.2) is 5.16 Å². The Morgan fingerprint density at radius 1 is 1.16 bits per heavy atom. The van der Waals surface area contributed by atoms with Crippen LogP contribution in [0.4, 0.5) is 4.39 Å². The van der Waals surface area contributed by atoms with E-state index in [1.54, 1.807) is 10.8 Å².